The fourth-order valence-electron chi connectivity index (χ4n) is 2.40. The second kappa shape index (κ2) is 7.48. The van der Waals surface area contributed by atoms with Gasteiger partial charge < -0.3 is 15.4 Å². The fraction of sp³-hybridized carbons (Fsp3) is 0.500. The first-order valence-corrected chi connectivity index (χ1v) is 6.30. The summed E-state index contributed by atoms with van der Waals surface area (Å²) in [6, 6.07) is 8.97. The van der Waals surface area contributed by atoms with Crippen LogP contribution in [0.1, 0.15) is 18.0 Å². The van der Waals surface area contributed by atoms with Crippen molar-refractivity contribution in [2.45, 2.75) is 12.5 Å². The van der Waals surface area contributed by atoms with Gasteiger partial charge in [-0.2, -0.15) is 0 Å². The molecule has 0 saturated carbocycles. The Kier molecular flexibility index (Phi) is 6.28. The van der Waals surface area contributed by atoms with E-state index in [-0.39, 0.29) is 18.3 Å². The Morgan fingerprint density at radius 3 is 2.79 bits per heavy atom. The lowest BCUT2D eigenvalue weighted by Gasteiger charge is -2.21. The van der Waals surface area contributed by atoms with Crippen LogP contribution in [0.4, 0.5) is 0 Å². The smallest absolute Gasteiger partial charge is 0.244 e. The molecule has 1 saturated heterocycles. The van der Waals surface area contributed by atoms with Crippen molar-refractivity contribution < 1.29 is 9.53 Å². The standard InChI is InChI=1S/C14H20N2O2.ClH/c1-18-10-11-7-8-16(9-11)14(17)13(15)12-5-3-2-4-6-12;/h2-6,11,13H,7-10,15H2,1H3;1H. The number of halogens is 1. The molecule has 0 aliphatic carbocycles. The van der Waals surface area contributed by atoms with Crippen LogP contribution in [-0.4, -0.2) is 37.6 Å². The van der Waals surface area contributed by atoms with Crippen molar-refractivity contribution in [3.05, 3.63) is 35.9 Å². The van der Waals surface area contributed by atoms with Gasteiger partial charge in [0.2, 0.25) is 5.91 Å². The Morgan fingerprint density at radius 2 is 2.16 bits per heavy atom. The third-order valence-corrected chi connectivity index (χ3v) is 3.42. The zero-order valence-electron chi connectivity index (χ0n) is 11.1. The molecule has 1 amide bonds. The summed E-state index contributed by atoms with van der Waals surface area (Å²) in [4.78, 5) is 14.1. The highest BCUT2D eigenvalue weighted by Gasteiger charge is 2.29. The minimum absolute atomic E-state index is 0. The number of methoxy groups -OCH3 is 1. The molecule has 1 fully saturated rings. The molecule has 4 nitrogen and oxygen atoms in total. The molecule has 5 heteroatoms. The number of hydrogen-bond acceptors (Lipinski definition) is 3. The van der Waals surface area contributed by atoms with Crippen molar-refractivity contribution in [3.63, 3.8) is 0 Å². The Morgan fingerprint density at radius 1 is 1.47 bits per heavy atom. The molecule has 2 unspecified atom stereocenters. The minimum atomic E-state index is -0.549. The monoisotopic (exact) mass is 284 g/mol. The maximum absolute atomic E-state index is 12.3. The van der Waals surface area contributed by atoms with E-state index in [0.29, 0.717) is 12.5 Å². The number of carbonyl (C=O) groups is 1. The van der Waals surface area contributed by atoms with Gasteiger partial charge in [-0.05, 0) is 12.0 Å². The molecule has 1 aliphatic rings. The topological polar surface area (TPSA) is 55.6 Å². The van der Waals surface area contributed by atoms with E-state index < -0.39 is 6.04 Å². The van der Waals surface area contributed by atoms with Crippen LogP contribution < -0.4 is 5.73 Å². The van der Waals surface area contributed by atoms with Gasteiger partial charge >= 0.3 is 0 Å². The molecule has 1 aromatic rings. The minimum Gasteiger partial charge on any atom is -0.384 e. The van der Waals surface area contributed by atoms with Gasteiger partial charge in [-0.1, -0.05) is 30.3 Å². The first-order valence-electron chi connectivity index (χ1n) is 6.30. The molecular formula is C14H21ClN2O2. The van der Waals surface area contributed by atoms with Gasteiger partial charge in [-0.25, -0.2) is 0 Å². The number of nitrogens with two attached hydrogens (primary N) is 1. The summed E-state index contributed by atoms with van der Waals surface area (Å²) in [6.07, 6.45) is 1.00. The summed E-state index contributed by atoms with van der Waals surface area (Å²) in [5.41, 5.74) is 6.89. The van der Waals surface area contributed by atoms with Gasteiger partial charge in [0.15, 0.2) is 0 Å². The molecule has 0 spiro atoms. The second-order valence-electron chi connectivity index (χ2n) is 4.78. The highest BCUT2D eigenvalue weighted by Crippen LogP contribution is 2.20. The SMILES string of the molecule is COCC1CCN(C(=O)C(N)c2ccccc2)C1.Cl. The zero-order valence-corrected chi connectivity index (χ0v) is 11.9. The summed E-state index contributed by atoms with van der Waals surface area (Å²) >= 11 is 0. The zero-order chi connectivity index (χ0) is 13.0. The van der Waals surface area contributed by atoms with Crippen molar-refractivity contribution in [1.29, 1.82) is 0 Å². The first kappa shape index (κ1) is 16.0. The second-order valence-corrected chi connectivity index (χ2v) is 4.78. The number of hydrogen-bond donors (Lipinski definition) is 1. The summed E-state index contributed by atoms with van der Waals surface area (Å²) in [6.45, 7) is 2.25. The number of rotatable bonds is 4. The molecule has 0 bridgehead atoms. The van der Waals surface area contributed by atoms with Crippen molar-refractivity contribution in [2.24, 2.45) is 11.7 Å². The average Bonchev–Trinajstić information content (AvgIpc) is 2.87. The first-order chi connectivity index (χ1) is 8.72. The van der Waals surface area contributed by atoms with Gasteiger partial charge in [0.25, 0.3) is 0 Å². The third kappa shape index (κ3) is 3.93. The molecule has 106 valence electrons. The predicted molar refractivity (Wildman–Crippen MR) is 77.2 cm³/mol. The Hall–Kier alpha value is -1.10. The molecule has 0 aromatic heterocycles. The van der Waals surface area contributed by atoms with Crippen molar-refractivity contribution in [1.82, 2.24) is 4.90 Å². The number of amides is 1. The van der Waals surface area contributed by atoms with E-state index in [1.54, 1.807) is 7.11 Å². The van der Waals surface area contributed by atoms with Gasteiger partial charge in [-0.15, -0.1) is 12.4 Å². The van der Waals surface area contributed by atoms with Crippen LogP contribution in [0.25, 0.3) is 0 Å². The maximum atomic E-state index is 12.3. The summed E-state index contributed by atoms with van der Waals surface area (Å²) in [5.74, 6) is 0.460. The van der Waals surface area contributed by atoms with Crippen LogP contribution in [0.15, 0.2) is 30.3 Å². The van der Waals surface area contributed by atoms with E-state index in [4.69, 9.17) is 10.5 Å². The lowest BCUT2D eigenvalue weighted by molar-refractivity contribution is -0.131. The number of carbonyl (C=O) groups excluding carboxylic acids is 1. The van der Waals surface area contributed by atoms with Crippen LogP contribution in [-0.2, 0) is 9.53 Å². The third-order valence-electron chi connectivity index (χ3n) is 3.42. The lowest BCUT2D eigenvalue weighted by Crippen LogP contribution is -2.37. The molecule has 2 N–H and O–H groups in total. The largest absolute Gasteiger partial charge is 0.384 e. The Labute approximate surface area is 120 Å². The lowest BCUT2D eigenvalue weighted by atomic mass is 10.1. The highest BCUT2D eigenvalue weighted by molar-refractivity contribution is 5.85. The van der Waals surface area contributed by atoms with Crippen LogP contribution in [0.3, 0.4) is 0 Å². The van der Waals surface area contributed by atoms with Crippen molar-refractivity contribution >= 4 is 18.3 Å². The van der Waals surface area contributed by atoms with E-state index in [0.717, 1.165) is 25.1 Å². The number of likely N-dealkylation sites (tertiary alicyclic amines) is 1. The normalized spacial score (nSPS) is 19.9. The van der Waals surface area contributed by atoms with E-state index >= 15 is 0 Å². The van der Waals surface area contributed by atoms with E-state index in [1.807, 2.05) is 35.2 Å². The molecule has 1 heterocycles. The Bertz CT molecular complexity index is 400. The highest BCUT2D eigenvalue weighted by atomic mass is 35.5. The van der Waals surface area contributed by atoms with Crippen molar-refractivity contribution in [2.75, 3.05) is 26.8 Å². The van der Waals surface area contributed by atoms with Crippen LogP contribution >= 0.6 is 12.4 Å². The Balaban J connectivity index is 0.00000180. The van der Waals surface area contributed by atoms with Gasteiger partial charge in [0.05, 0.1) is 6.61 Å². The van der Waals surface area contributed by atoms with Crippen LogP contribution in [0.2, 0.25) is 0 Å². The van der Waals surface area contributed by atoms with Gasteiger partial charge in [0.1, 0.15) is 6.04 Å². The maximum Gasteiger partial charge on any atom is 0.244 e. The van der Waals surface area contributed by atoms with E-state index in [1.165, 1.54) is 0 Å². The molecule has 0 radical (unpaired) electrons. The number of nitrogens with zero attached hydrogens (tertiary/aromatic N) is 1. The van der Waals surface area contributed by atoms with Crippen LogP contribution in [0.5, 0.6) is 0 Å². The average molecular weight is 285 g/mol. The molecule has 2 rings (SSSR count). The molecule has 1 aromatic carbocycles. The van der Waals surface area contributed by atoms with Crippen molar-refractivity contribution in [3.8, 4) is 0 Å². The summed E-state index contributed by atoms with van der Waals surface area (Å²) in [7, 11) is 1.69. The predicted octanol–water partition coefficient (Wildman–Crippen LogP) is 1.60. The fourth-order valence-corrected chi connectivity index (χ4v) is 2.40. The molecule has 19 heavy (non-hydrogen) atoms. The van der Waals surface area contributed by atoms with Crippen LogP contribution in [0, 0.1) is 5.92 Å². The number of ether oxygens (including phenoxy) is 1. The summed E-state index contributed by atoms with van der Waals surface area (Å²) in [5, 5.41) is 0. The quantitative estimate of drug-likeness (QED) is 0.914. The summed E-state index contributed by atoms with van der Waals surface area (Å²) < 4.78 is 5.13. The molecule has 2 atom stereocenters. The van der Waals surface area contributed by atoms with Gasteiger partial charge in [0, 0.05) is 26.1 Å². The van der Waals surface area contributed by atoms with Gasteiger partial charge in [-0.3, -0.25) is 4.79 Å². The molecule has 1 aliphatic heterocycles. The van der Waals surface area contributed by atoms with E-state index in [9.17, 15) is 4.79 Å². The van der Waals surface area contributed by atoms with E-state index in [2.05, 4.69) is 0 Å². The molecular weight excluding hydrogens is 264 g/mol. The number of benzene rings is 1.